The molecule has 0 aromatic carbocycles. The number of hydrogen-bond acceptors (Lipinski definition) is 2. The first kappa shape index (κ1) is 14.2. The minimum absolute atomic E-state index is 0.0996. The average Bonchev–Trinajstić information content (AvgIpc) is 3.00. The molecule has 1 N–H and O–H groups in total. The van der Waals surface area contributed by atoms with Gasteiger partial charge in [0.15, 0.2) is 0 Å². The van der Waals surface area contributed by atoms with Crippen LogP contribution >= 0.6 is 0 Å². The molecule has 5 nitrogen and oxygen atoms in total. The number of aliphatic carboxylic acids is 1. The van der Waals surface area contributed by atoms with Crippen LogP contribution in [0.15, 0.2) is 12.1 Å². The van der Waals surface area contributed by atoms with E-state index in [9.17, 15) is 14.7 Å². The quantitative estimate of drug-likeness (QED) is 0.908. The normalized spacial score (nSPS) is 28.5. The summed E-state index contributed by atoms with van der Waals surface area (Å²) in [6.07, 6.45) is 4.82. The van der Waals surface area contributed by atoms with Crippen LogP contribution < -0.4 is 0 Å². The molecular weight excluding hydrogens is 268 g/mol. The van der Waals surface area contributed by atoms with Crippen molar-refractivity contribution in [3.05, 3.63) is 23.5 Å². The summed E-state index contributed by atoms with van der Waals surface area (Å²) >= 11 is 0. The number of aryl methyl sites for hydroxylation is 1. The summed E-state index contributed by atoms with van der Waals surface area (Å²) in [6.45, 7) is 1.94. The Morgan fingerprint density at radius 2 is 1.95 bits per heavy atom. The van der Waals surface area contributed by atoms with Crippen LogP contribution in [0.1, 0.15) is 48.3 Å². The highest BCUT2D eigenvalue weighted by molar-refractivity contribution is 5.96. The van der Waals surface area contributed by atoms with Gasteiger partial charge in [0.25, 0.3) is 5.91 Å². The Labute approximate surface area is 124 Å². The van der Waals surface area contributed by atoms with Gasteiger partial charge in [-0.05, 0) is 44.2 Å². The largest absolute Gasteiger partial charge is 0.480 e. The van der Waals surface area contributed by atoms with Crippen molar-refractivity contribution in [1.29, 1.82) is 0 Å². The summed E-state index contributed by atoms with van der Waals surface area (Å²) in [6, 6.07) is 3.13. The molecule has 21 heavy (non-hydrogen) atoms. The Morgan fingerprint density at radius 1 is 1.24 bits per heavy atom. The van der Waals surface area contributed by atoms with Crippen molar-refractivity contribution >= 4 is 11.9 Å². The molecule has 3 atom stereocenters. The van der Waals surface area contributed by atoms with Crippen molar-refractivity contribution in [2.24, 2.45) is 13.0 Å². The smallest absolute Gasteiger partial charge is 0.326 e. The minimum atomic E-state index is -0.872. The SMILES string of the molecule is Cc1ccc(C(=O)N2C(C(=O)O)CC3CCCCC32)n1C. The van der Waals surface area contributed by atoms with Gasteiger partial charge in [-0.3, -0.25) is 4.79 Å². The fourth-order valence-corrected chi connectivity index (χ4v) is 3.93. The molecule has 2 fully saturated rings. The van der Waals surface area contributed by atoms with Crippen molar-refractivity contribution in [2.75, 3.05) is 0 Å². The van der Waals surface area contributed by atoms with Crippen LogP contribution in [0.5, 0.6) is 0 Å². The van der Waals surface area contributed by atoms with Crippen molar-refractivity contribution in [3.63, 3.8) is 0 Å². The standard InChI is InChI=1S/C16H22N2O3/c1-10-7-8-13(17(10)2)15(19)18-12-6-4-3-5-11(12)9-14(18)16(20)21/h7-8,11-12,14H,3-6,9H2,1-2H3,(H,20,21). The molecule has 3 rings (SSSR count). The fourth-order valence-electron chi connectivity index (χ4n) is 3.93. The first-order valence-electron chi connectivity index (χ1n) is 7.68. The van der Waals surface area contributed by atoms with E-state index in [4.69, 9.17) is 0 Å². The lowest BCUT2D eigenvalue weighted by molar-refractivity contribution is -0.141. The van der Waals surface area contributed by atoms with Gasteiger partial charge < -0.3 is 14.6 Å². The molecule has 1 amide bonds. The van der Waals surface area contributed by atoms with Gasteiger partial charge in [-0.2, -0.15) is 0 Å². The maximum atomic E-state index is 12.9. The summed E-state index contributed by atoms with van der Waals surface area (Å²) in [5.41, 5.74) is 1.59. The van der Waals surface area contributed by atoms with E-state index in [0.717, 1.165) is 31.4 Å². The van der Waals surface area contributed by atoms with Gasteiger partial charge in [0, 0.05) is 18.8 Å². The second kappa shape index (κ2) is 5.20. The zero-order valence-electron chi connectivity index (χ0n) is 12.6. The highest BCUT2D eigenvalue weighted by Crippen LogP contribution is 2.40. The lowest BCUT2D eigenvalue weighted by Gasteiger charge is -2.33. The average molecular weight is 290 g/mol. The highest BCUT2D eigenvalue weighted by Gasteiger charge is 2.48. The molecule has 1 aliphatic carbocycles. The molecule has 2 heterocycles. The van der Waals surface area contributed by atoms with Crippen LogP contribution in [0.4, 0.5) is 0 Å². The summed E-state index contributed by atoms with van der Waals surface area (Å²) in [7, 11) is 1.85. The number of likely N-dealkylation sites (tertiary alicyclic amines) is 1. The Balaban J connectivity index is 1.94. The molecular formula is C16H22N2O3. The second-order valence-electron chi connectivity index (χ2n) is 6.33. The van der Waals surface area contributed by atoms with Crippen LogP contribution in [0, 0.1) is 12.8 Å². The maximum Gasteiger partial charge on any atom is 0.326 e. The molecule has 114 valence electrons. The number of carboxylic acids is 1. The monoisotopic (exact) mass is 290 g/mol. The fraction of sp³-hybridized carbons (Fsp3) is 0.625. The molecule has 5 heteroatoms. The van der Waals surface area contributed by atoms with Gasteiger partial charge in [0.05, 0.1) is 0 Å². The molecule has 0 radical (unpaired) electrons. The van der Waals surface area contributed by atoms with Crippen LogP contribution in [0.3, 0.4) is 0 Å². The van der Waals surface area contributed by atoms with Crippen molar-refractivity contribution in [2.45, 2.75) is 51.1 Å². The zero-order valence-corrected chi connectivity index (χ0v) is 12.6. The molecule has 1 aliphatic heterocycles. The van der Waals surface area contributed by atoms with E-state index in [1.54, 1.807) is 11.0 Å². The minimum Gasteiger partial charge on any atom is -0.480 e. The third kappa shape index (κ3) is 2.24. The van der Waals surface area contributed by atoms with Gasteiger partial charge in [-0.15, -0.1) is 0 Å². The predicted molar refractivity (Wildman–Crippen MR) is 78.1 cm³/mol. The Kier molecular flexibility index (Phi) is 3.51. The van der Waals surface area contributed by atoms with Crippen LogP contribution in [-0.2, 0) is 11.8 Å². The lowest BCUT2D eigenvalue weighted by atomic mass is 9.84. The van der Waals surface area contributed by atoms with E-state index in [1.807, 2.05) is 24.6 Å². The molecule has 3 unspecified atom stereocenters. The Bertz CT molecular complexity index is 578. The van der Waals surface area contributed by atoms with Gasteiger partial charge in [0.2, 0.25) is 0 Å². The number of carbonyl (C=O) groups is 2. The van der Waals surface area contributed by atoms with Crippen LogP contribution in [0.25, 0.3) is 0 Å². The van der Waals surface area contributed by atoms with E-state index in [2.05, 4.69) is 0 Å². The molecule has 2 aliphatic rings. The third-order valence-electron chi connectivity index (χ3n) is 5.20. The molecule has 1 aromatic rings. The number of amides is 1. The molecule has 1 saturated heterocycles. The number of hydrogen-bond donors (Lipinski definition) is 1. The van der Waals surface area contributed by atoms with E-state index < -0.39 is 12.0 Å². The van der Waals surface area contributed by atoms with Crippen LogP contribution in [0.2, 0.25) is 0 Å². The Morgan fingerprint density at radius 3 is 2.57 bits per heavy atom. The maximum absolute atomic E-state index is 12.9. The number of fused-ring (bicyclic) bond motifs is 1. The van der Waals surface area contributed by atoms with Gasteiger partial charge in [-0.1, -0.05) is 12.8 Å². The van der Waals surface area contributed by atoms with Gasteiger partial charge in [-0.25, -0.2) is 4.79 Å². The van der Waals surface area contributed by atoms with Crippen LogP contribution in [-0.4, -0.2) is 38.5 Å². The molecule has 0 bridgehead atoms. The van der Waals surface area contributed by atoms with Crippen molar-refractivity contribution in [1.82, 2.24) is 9.47 Å². The van der Waals surface area contributed by atoms with Gasteiger partial charge in [0.1, 0.15) is 11.7 Å². The molecule has 0 spiro atoms. The predicted octanol–water partition coefficient (Wildman–Crippen LogP) is 2.19. The summed E-state index contributed by atoms with van der Waals surface area (Å²) < 4.78 is 1.84. The number of rotatable bonds is 2. The summed E-state index contributed by atoms with van der Waals surface area (Å²) in [5.74, 6) is -0.652. The van der Waals surface area contributed by atoms with Crippen molar-refractivity contribution in [3.8, 4) is 0 Å². The zero-order chi connectivity index (χ0) is 15.1. The van der Waals surface area contributed by atoms with E-state index in [-0.39, 0.29) is 11.9 Å². The van der Waals surface area contributed by atoms with Crippen molar-refractivity contribution < 1.29 is 14.7 Å². The van der Waals surface area contributed by atoms with E-state index in [0.29, 0.717) is 18.0 Å². The number of carbonyl (C=O) groups excluding carboxylic acids is 1. The number of aromatic nitrogens is 1. The summed E-state index contributed by atoms with van der Waals surface area (Å²) in [5, 5.41) is 9.50. The first-order valence-corrected chi connectivity index (χ1v) is 7.68. The highest BCUT2D eigenvalue weighted by atomic mass is 16.4. The second-order valence-corrected chi connectivity index (χ2v) is 6.33. The van der Waals surface area contributed by atoms with E-state index in [1.165, 1.54) is 0 Å². The topological polar surface area (TPSA) is 62.5 Å². The number of carboxylic acid groups (broad SMARTS) is 1. The summed E-state index contributed by atoms with van der Waals surface area (Å²) in [4.78, 5) is 26.1. The Hall–Kier alpha value is -1.78. The lowest BCUT2D eigenvalue weighted by Crippen LogP contribution is -2.46. The molecule has 1 aromatic heterocycles. The third-order valence-corrected chi connectivity index (χ3v) is 5.20. The van der Waals surface area contributed by atoms with Gasteiger partial charge >= 0.3 is 5.97 Å². The first-order chi connectivity index (χ1) is 10.0. The number of nitrogens with zero attached hydrogens (tertiary/aromatic N) is 2. The van der Waals surface area contributed by atoms with E-state index >= 15 is 0 Å². The molecule has 1 saturated carbocycles.